The first kappa shape index (κ1) is 14.8. The van der Waals surface area contributed by atoms with E-state index in [0.717, 1.165) is 21.8 Å². The van der Waals surface area contributed by atoms with E-state index in [9.17, 15) is 4.39 Å². The largest absolute Gasteiger partial charge is 0.370 e. The zero-order valence-electron chi connectivity index (χ0n) is 11.4. The highest BCUT2D eigenvalue weighted by molar-refractivity contribution is 6.31. The summed E-state index contributed by atoms with van der Waals surface area (Å²) < 4.78 is 13.3. The molecular formula is C16H18ClFN2. The van der Waals surface area contributed by atoms with Gasteiger partial charge in [-0.25, -0.2) is 4.39 Å². The van der Waals surface area contributed by atoms with E-state index in [-0.39, 0.29) is 5.82 Å². The van der Waals surface area contributed by atoms with E-state index < -0.39 is 0 Å². The van der Waals surface area contributed by atoms with Crippen molar-refractivity contribution in [1.82, 2.24) is 0 Å². The highest BCUT2D eigenvalue weighted by Gasteiger charge is 2.10. The second-order valence-electron chi connectivity index (χ2n) is 4.76. The Labute approximate surface area is 124 Å². The van der Waals surface area contributed by atoms with E-state index in [2.05, 4.69) is 4.90 Å². The number of anilines is 1. The van der Waals surface area contributed by atoms with E-state index in [1.54, 1.807) is 12.1 Å². The maximum Gasteiger partial charge on any atom is 0.123 e. The van der Waals surface area contributed by atoms with Crippen molar-refractivity contribution in [2.75, 3.05) is 18.5 Å². The minimum absolute atomic E-state index is 0.233. The fourth-order valence-corrected chi connectivity index (χ4v) is 2.45. The molecule has 2 rings (SSSR count). The van der Waals surface area contributed by atoms with Crippen LogP contribution in [0.1, 0.15) is 11.1 Å². The zero-order chi connectivity index (χ0) is 14.5. The standard InChI is InChI=1S/C16H18ClFN2/c1-20(11-13-4-2-3-5-15(13)17)16-7-6-14(18)10-12(16)8-9-19/h2-7,10H,8-9,11,19H2,1H3. The normalized spacial score (nSPS) is 10.6. The van der Waals surface area contributed by atoms with Gasteiger partial charge in [0.05, 0.1) is 0 Å². The Bertz CT molecular complexity index is 586. The molecule has 0 aliphatic rings. The van der Waals surface area contributed by atoms with E-state index in [0.29, 0.717) is 19.5 Å². The summed E-state index contributed by atoms with van der Waals surface area (Å²) in [5, 5.41) is 0.738. The van der Waals surface area contributed by atoms with Crippen LogP contribution in [0.5, 0.6) is 0 Å². The van der Waals surface area contributed by atoms with Crippen molar-refractivity contribution in [3.05, 3.63) is 64.4 Å². The van der Waals surface area contributed by atoms with Crippen molar-refractivity contribution in [2.45, 2.75) is 13.0 Å². The third-order valence-corrected chi connectivity index (χ3v) is 3.60. The van der Waals surface area contributed by atoms with Crippen LogP contribution >= 0.6 is 11.6 Å². The summed E-state index contributed by atoms with van der Waals surface area (Å²) in [5.74, 6) is -0.233. The quantitative estimate of drug-likeness (QED) is 0.912. The first-order valence-corrected chi connectivity index (χ1v) is 6.92. The molecule has 0 heterocycles. The van der Waals surface area contributed by atoms with Gasteiger partial charge in [-0.15, -0.1) is 0 Å². The summed E-state index contributed by atoms with van der Waals surface area (Å²) in [6.07, 6.45) is 0.653. The third kappa shape index (κ3) is 3.50. The van der Waals surface area contributed by atoms with Gasteiger partial charge in [-0.2, -0.15) is 0 Å². The van der Waals surface area contributed by atoms with E-state index in [1.807, 2.05) is 31.3 Å². The maximum atomic E-state index is 13.3. The van der Waals surface area contributed by atoms with Gasteiger partial charge in [0.1, 0.15) is 5.82 Å². The minimum Gasteiger partial charge on any atom is -0.370 e. The lowest BCUT2D eigenvalue weighted by Gasteiger charge is -2.23. The molecular weight excluding hydrogens is 275 g/mol. The summed E-state index contributed by atoms with van der Waals surface area (Å²) >= 11 is 6.18. The van der Waals surface area contributed by atoms with Crippen molar-refractivity contribution in [1.29, 1.82) is 0 Å². The molecule has 0 amide bonds. The van der Waals surface area contributed by atoms with Crippen molar-refractivity contribution >= 4 is 17.3 Å². The summed E-state index contributed by atoms with van der Waals surface area (Å²) in [5.41, 5.74) is 8.54. The molecule has 0 saturated carbocycles. The molecule has 0 aromatic heterocycles. The summed E-state index contributed by atoms with van der Waals surface area (Å²) in [6.45, 7) is 1.17. The van der Waals surface area contributed by atoms with Crippen molar-refractivity contribution in [2.24, 2.45) is 5.73 Å². The van der Waals surface area contributed by atoms with E-state index in [1.165, 1.54) is 6.07 Å². The van der Waals surface area contributed by atoms with Gasteiger partial charge in [0.25, 0.3) is 0 Å². The first-order chi connectivity index (χ1) is 9.61. The first-order valence-electron chi connectivity index (χ1n) is 6.55. The third-order valence-electron chi connectivity index (χ3n) is 3.23. The Kier molecular flexibility index (Phi) is 4.99. The van der Waals surface area contributed by atoms with Gasteiger partial charge in [0.15, 0.2) is 0 Å². The number of rotatable bonds is 5. The van der Waals surface area contributed by atoms with Gasteiger partial charge in [0.2, 0.25) is 0 Å². The van der Waals surface area contributed by atoms with Gasteiger partial charge in [-0.05, 0) is 48.4 Å². The molecule has 2 aromatic carbocycles. The number of benzene rings is 2. The fraction of sp³-hybridized carbons (Fsp3) is 0.250. The lowest BCUT2D eigenvalue weighted by atomic mass is 10.1. The highest BCUT2D eigenvalue weighted by Crippen LogP contribution is 2.24. The summed E-state index contributed by atoms with van der Waals surface area (Å²) in [7, 11) is 1.97. The van der Waals surface area contributed by atoms with E-state index >= 15 is 0 Å². The zero-order valence-corrected chi connectivity index (χ0v) is 12.2. The second-order valence-corrected chi connectivity index (χ2v) is 5.17. The molecule has 2 N–H and O–H groups in total. The van der Waals surface area contributed by atoms with Gasteiger partial charge < -0.3 is 10.6 Å². The van der Waals surface area contributed by atoms with Crippen LogP contribution in [0.4, 0.5) is 10.1 Å². The van der Waals surface area contributed by atoms with Crippen LogP contribution in [0.25, 0.3) is 0 Å². The maximum absolute atomic E-state index is 13.3. The summed E-state index contributed by atoms with van der Waals surface area (Å²) in [4.78, 5) is 2.06. The van der Waals surface area contributed by atoms with E-state index in [4.69, 9.17) is 17.3 Å². The van der Waals surface area contributed by atoms with Crippen molar-refractivity contribution in [3.63, 3.8) is 0 Å². The molecule has 0 radical (unpaired) electrons. The SMILES string of the molecule is CN(Cc1ccccc1Cl)c1ccc(F)cc1CCN. The average Bonchev–Trinajstić information content (AvgIpc) is 2.42. The molecule has 0 aliphatic carbocycles. The van der Waals surface area contributed by atoms with Gasteiger partial charge in [-0.3, -0.25) is 0 Å². The Morgan fingerprint density at radius 1 is 1.15 bits per heavy atom. The van der Waals surface area contributed by atoms with Crippen LogP contribution in [0, 0.1) is 5.82 Å². The number of hydrogen-bond donors (Lipinski definition) is 1. The molecule has 20 heavy (non-hydrogen) atoms. The number of nitrogens with two attached hydrogens (primary N) is 1. The van der Waals surface area contributed by atoms with Gasteiger partial charge in [0, 0.05) is 24.3 Å². The lowest BCUT2D eigenvalue weighted by Crippen LogP contribution is -2.19. The summed E-state index contributed by atoms with van der Waals surface area (Å²) in [6, 6.07) is 12.5. The fourth-order valence-electron chi connectivity index (χ4n) is 2.25. The van der Waals surface area contributed by atoms with Crippen LogP contribution in [0.3, 0.4) is 0 Å². The Balaban J connectivity index is 2.25. The van der Waals surface area contributed by atoms with Crippen molar-refractivity contribution in [3.8, 4) is 0 Å². The smallest absolute Gasteiger partial charge is 0.123 e. The minimum atomic E-state index is -0.233. The molecule has 2 aromatic rings. The Morgan fingerprint density at radius 2 is 1.90 bits per heavy atom. The van der Waals surface area contributed by atoms with Gasteiger partial charge in [-0.1, -0.05) is 29.8 Å². The molecule has 0 spiro atoms. The molecule has 2 nitrogen and oxygen atoms in total. The monoisotopic (exact) mass is 292 g/mol. The predicted molar refractivity (Wildman–Crippen MR) is 82.7 cm³/mol. The second kappa shape index (κ2) is 6.73. The average molecular weight is 293 g/mol. The molecule has 106 valence electrons. The van der Waals surface area contributed by atoms with Crippen LogP contribution in [-0.4, -0.2) is 13.6 Å². The lowest BCUT2D eigenvalue weighted by molar-refractivity contribution is 0.625. The van der Waals surface area contributed by atoms with Crippen molar-refractivity contribution < 1.29 is 4.39 Å². The molecule has 0 unspecified atom stereocenters. The van der Waals surface area contributed by atoms with Crippen LogP contribution < -0.4 is 10.6 Å². The predicted octanol–water partition coefficient (Wildman–Crippen LogP) is 3.62. The molecule has 0 fully saturated rings. The van der Waals surface area contributed by atoms with Crippen LogP contribution in [-0.2, 0) is 13.0 Å². The topological polar surface area (TPSA) is 29.3 Å². The molecule has 0 saturated heterocycles. The van der Waals surface area contributed by atoms with Gasteiger partial charge >= 0.3 is 0 Å². The molecule has 0 bridgehead atoms. The van der Waals surface area contributed by atoms with Crippen LogP contribution in [0.2, 0.25) is 5.02 Å². The van der Waals surface area contributed by atoms with Crippen LogP contribution in [0.15, 0.2) is 42.5 Å². The molecule has 0 atom stereocenters. The number of halogens is 2. The number of nitrogens with zero attached hydrogens (tertiary/aromatic N) is 1. The molecule has 4 heteroatoms. The Morgan fingerprint density at radius 3 is 2.60 bits per heavy atom. The number of hydrogen-bond acceptors (Lipinski definition) is 2. The Hall–Kier alpha value is -1.58. The highest BCUT2D eigenvalue weighted by atomic mass is 35.5. The molecule has 0 aliphatic heterocycles.